The molecule has 0 radical (unpaired) electrons. The number of pyridine rings is 1. The molecule has 0 spiro atoms. The highest BCUT2D eigenvalue weighted by Gasteiger charge is 2.26. The van der Waals surface area contributed by atoms with E-state index in [9.17, 15) is 13.6 Å². The van der Waals surface area contributed by atoms with Crippen molar-refractivity contribution in [3.8, 4) is 16.9 Å². The molecule has 0 bridgehead atoms. The molecule has 0 atom stereocenters. The van der Waals surface area contributed by atoms with Gasteiger partial charge in [0.1, 0.15) is 10.6 Å². The van der Waals surface area contributed by atoms with Crippen LogP contribution in [0.4, 0.5) is 0 Å². The maximum absolute atomic E-state index is 12.9. The molecule has 7 nitrogen and oxygen atoms in total. The second-order valence-electron chi connectivity index (χ2n) is 6.50. The molecule has 1 fully saturated rings. The summed E-state index contributed by atoms with van der Waals surface area (Å²) in [7, 11) is -2.29. The van der Waals surface area contributed by atoms with E-state index < -0.39 is 10.0 Å². The Balaban J connectivity index is 2.07. The highest BCUT2D eigenvalue weighted by atomic mass is 32.2. The molecule has 1 aliphatic carbocycles. The van der Waals surface area contributed by atoms with Crippen LogP contribution < -0.4 is 14.9 Å². The molecule has 2 aromatic rings. The smallest absolute Gasteiger partial charge is 0.244 e. The lowest BCUT2D eigenvalue weighted by Gasteiger charge is -2.16. The van der Waals surface area contributed by atoms with Crippen LogP contribution in [0.2, 0.25) is 0 Å². The number of aromatic nitrogens is 1. The van der Waals surface area contributed by atoms with Gasteiger partial charge in [-0.25, -0.2) is 13.1 Å². The molecule has 1 aromatic carbocycles. The van der Waals surface area contributed by atoms with Crippen LogP contribution in [-0.4, -0.2) is 31.5 Å². The standard InChI is InChI=1S/C18H23N3O4S/c1-12-15(8-10-18(19)21(12)22)13-7-9-16(25-2)17(11-13)26(23,24)20-14-5-3-4-6-14/h7-11,14,19-20,22H,3-6H2,1-2H3. The van der Waals surface area contributed by atoms with Gasteiger partial charge in [-0.1, -0.05) is 18.9 Å². The SMILES string of the molecule is COc1ccc(-c2ccc(=N)n(O)c2C)cc1S(=O)(=O)NC1CCCC1. The van der Waals surface area contributed by atoms with E-state index in [1.54, 1.807) is 31.2 Å². The van der Waals surface area contributed by atoms with Gasteiger partial charge < -0.3 is 9.94 Å². The number of ether oxygens (including phenoxy) is 1. The minimum Gasteiger partial charge on any atom is -0.495 e. The van der Waals surface area contributed by atoms with Crippen LogP contribution >= 0.6 is 0 Å². The summed E-state index contributed by atoms with van der Waals surface area (Å²) >= 11 is 0. The molecule has 1 saturated carbocycles. The zero-order valence-corrected chi connectivity index (χ0v) is 15.6. The second kappa shape index (κ2) is 7.13. The molecule has 1 heterocycles. The van der Waals surface area contributed by atoms with Crippen molar-refractivity contribution in [3.63, 3.8) is 0 Å². The average molecular weight is 377 g/mol. The topological polar surface area (TPSA) is 104 Å². The molecule has 140 valence electrons. The number of rotatable bonds is 5. The molecule has 0 aliphatic heterocycles. The molecular weight excluding hydrogens is 354 g/mol. The van der Waals surface area contributed by atoms with Gasteiger partial charge in [0, 0.05) is 11.6 Å². The van der Waals surface area contributed by atoms with Gasteiger partial charge in [-0.2, -0.15) is 4.73 Å². The van der Waals surface area contributed by atoms with E-state index in [1.165, 1.54) is 13.2 Å². The van der Waals surface area contributed by atoms with Crippen molar-refractivity contribution in [1.82, 2.24) is 9.45 Å². The predicted molar refractivity (Wildman–Crippen MR) is 96.8 cm³/mol. The van der Waals surface area contributed by atoms with E-state index in [-0.39, 0.29) is 22.2 Å². The van der Waals surface area contributed by atoms with Crippen LogP contribution in [0, 0.1) is 12.3 Å². The van der Waals surface area contributed by atoms with Gasteiger partial charge >= 0.3 is 0 Å². The fourth-order valence-electron chi connectivity index (χ4n) is 3.33. The normalized spacial score (nSPS) is 15.3. The van der Waals surface area contributed by atoms with Gasteiger partial charge in [0.15, 0.2) is 5.49 Å². The summed E-state index contributed by atoms with van der Waals surface area (Å²) in [5.74, 6) is 0.269. The van der Waals surface area contributed by atoms with Crippen LogP contribution in [0.25, 0.3) is 11.1 Å². The number of hydrogen-bond acceptors (Lipinski definition) is 5. The van der Waals surface area contributed by atoms with Crippen LogP contribution in [0.3, 0.4) is 0 Å². The molecule has 0 saturated heterocycles. The number of nitrogens with one attached hydrogen (secondary N) is 2. The van der Waals surface area contributed by atoms with Crippen LogP contribution in [0.15, 0.2) is 35.2 Å². The van der Waals surface area contributed by atoms with Crippen molar-refractivity contribution >= 4 is 10.0 Å². The van der Waals surface area contributed by atoms with Gasteiger partial charge in [-0.3, -0.25) is 5.41 Å². The largest absolute Gasteiger partial charge is 0.495 e. The molecule has 0 amide bonds. The van der Waals surface area contributed by atoms with E-state index >= 15 is 0 Å². The average Bonchev–Trinajstić information content (AvgIpc) is 3.11. The maximum Gasteiger partial charge on any atom is 0.244 e. The maximum atomic E-state index is 12.9. The number of hydrogen-bond donors (Lipinski definition) is 3. The first-order valence-electron chi connectivity index (χ1n) is 8.51. The molecule has 3 rings (SSSR count). The van der Waals surface area contributed by atoms with Gasteiger partial charge in [0.25, 0.3) is 0 Å². The zero-order chi connectivity index (χ0) is 18.9. The third-order valence-corrected chi connectivity index (χ3v) is 6.33. The van der Waals surface area contributed by atoms with Gasteiger partial charge in [-0.05, 0) is 49.6 Å². The number of benzene rings is 1. The van der Waals surface area contributed by atoms with E-state index in [2.05, 4.69) is 4.72 Å². The fourth-order valence-corrected chi connectivity index (χ4v) is 4.83. The molecule has 0 unspecified atom stereocenters. The van der Waals surface area contributed by atoms with Crippen LogP contribution in [0.5, 0.6) is 5.75 Å². The zero-order valence-electron chi connectivity index (χ0n) is 14.8. The predicted octanol–water partition coefficient (Wildman–Crippen LogP) is 2.41. The lowest BCUT2D eigenvalue weighted by atomic mass is 10.0. The highest BCUT2D eigenvalue weighted by molar-refractivity contribution is 7.89. The first-order chi connectivity index (χ1) is 12.3. The monoisotopic (exact) mass is 377 g/mol. The third kappa shape index (κ3) is 3.47. The second-order valence-corrected chi connectivity index (χ2v) is 8.18. The van der Waals surface area contributed by atoms with Crippen LogP contribution in [-0.2, 0) is 10.0 Å². The van der Waals surface area contributed by atoms with E-state index in [4.69, 9.17) is 10.1 Å². The van der Waals surface area contributed by atoms with E-state index in [0.29, 0.717) is 16.8 Å². The summed E-state index contributed by atoms with van der Waals surface area (Å²) in [6, 6.07) is 7.98. The minimum atomic E-state index is -3.73. The van der Waals surface area contributed by atoms with Crippen molar-refractivity contribution < 1.29 is 18.4 Å². The molecule has 26 heavy (non-hydrogen) atoms. The van der Waals surface area contributed by atoms with Crippen molar-refractivity contribution in [2.75, 3.05) is 7.11 Å². The van der Waals surface area contributed by atoms with Gasteiger partial charge in [-0.15, -0.1) is 0 Å². The molecular formula is C18H23N3O4S. The Morgan fingerprint density at radius 3 is 2.58 bits per heavy atom. The first-order valence-corrected chi connectivity index (χ1v) is 9.99. The van der Waals surface area contributed by atoms with Gasteiger partial charge in [0.05, 0.1) is 12.8 Å². The summed E-state index contributed by atoms with van der Waals surface area (Å²) in [4.78, 5) is 0.0724. The Labute approximate surface area is 152 Å². The van der Waals surface area contributed by atoms with Gasteiger partial charge in [0.2, 0.25) is 10.0 Å². The van der Waals surface area contributed by atoms with Crippen molar-refractivity contribution in [1.29, 1.82) is 5.41 Å². The number of sulfonamides is 1. The number of nitrogens with zero attached hydrogens (tertiary/aromatic N) is 1. The molecule has 8 heteroatoms. The van der Waals surface area contributed by atoms with Crippen molar-refractivity contribution in [3.05, 3.63) is 41.5 Å². The Bertz CT molecular complexity index is 976. The summed E-state index contributed by atoms with van der Waals surface area (Å²) in [6.45, 7) is 1.67. The fraction of sp³-hybridized carbons (Fsp3) is 0.389. The molecule has 1 aromatic heterocycles. The lowest BCUT2D eigenvalue weighted by molar-refractivity contribution is 0.164. The number of methoxy groups -OCH3 is 1. The summed E-state index contributed by atoms with van der Waals surface area (Å²) in [6.07, 6.45) is 3.74. The summed E-state index contributed by atoms with van der Waals surface area (Å²) in [5.41, 5.74) is 1.67. The lowest BCUT2D eigenvalue weighted by Crippen LogP contribution is -2.32. The Morgan fingerprint density at radius 2 is 1.92 bits per heavy atom. The highest BCUT2D eigenvalue weighted by Crippen LogP contribution is 2.31. The minimum absolute atomic E-state index is 0.0442. The van der Waals surface area contributed by atoms with Crippen LogP contribution in [0.1, 0.15) is 31.4 Å². The first kappa shape index (κ1) is 18.5. The Morgan fingerprint density at radius 1 is 1.23 bits per heavy atom. The van der Waals surface area contributed by atoms with Crippen molar-refractivity contribution in [2.24, 2.45) is 0 Å². The quantitative estimate of drug-likeness (QED) is 0.696. The van der Waals surface area contributed by atoms with E-state index in [1.807, 2.05) is 0 Å². The van der Waals surface area contributed by atoms with E-state index in [0.717, 1.165) is 30.4 Å². The Kier molecular flexibility index (Phi) is 5.06. The summed E-state index contributed by atoms with van der Waals surface area (Å²) < 4.78 is 34.6. The summed E-state index contributed by atoms with van der Waals surface area (Å²) in [5, 5.41) is 17.6. The third-order valence-electron chi connectivity index (χ3n) is 4.78. The molecule has 3 N–H and O–H groups in total. The van der Waals surface area contributed by atoms with Crippen molar-refractivity contribution in [2.45, 2.75) is 43.5 Å². The Hall–Kier alpha value is -2.32. The molecule has 1 aliphatic rings.